The Kier molecular flexibility index (Phi) is 7.40. The van der Waals surface area contributed by atoms with Gasteiger partial charge in [-0.1, -0.05) is 19.6 Å². The summed E-state index contributed by atoms with van der Waals surface area (Å²) in [5.74, 6) is 1.58. The van der Waals surface area contributed by atoms with Gasteiger partial charge in [-0.25, -0.2) is 9.50 Å². The minimum atomic E-state index is -0.346. The van der Waals surface area contributed by atoms with E-state index in [9.17, 15) is 4.79 Å². The van der Waals surface area contributed by atoms with Gasteiger partial charge < -0.3 is 25.6 Å². The van der Waals surface area contributed by atoms with Crippen LogP contribution in [0.1, 0.15) is 80.9 Å². The molecular weight excluding hydrogens is 534 g/mol. The molecule has 1 aromatic carbocycles. The quantitative estimate of drug-likeness (QED) is 0.393. The van der Waals surface area contributed by atoms with Crippen molar-refractivity contribution >= 4 is 35.7 Å². The molecule has 41 heavy (non-hydrogen) atoms. The van der Waals surface area contributed by atoms with Gasteiger partial charge in [0, 0.05) is 66.3 Å². The zero-order valence-corrected chi connectivity index (χ0v) is 25.2. The number of carbonyl (C=O) groups excluding carboxylic acids is 1. The number of hydrogen-bond acceptors (Lipinski definition) is 8. The highest BCUT2D eigenvalue weighted by molar-refractivity contribution is 7.81. The number of hydrogen-bond donors (Lipinski definition) is 3. The Hall–Kier alpha value is -3.24. The Labute approximate surface area is 247 Å². The number of amides is 1. The molecule has 5 heterocycles. The van der Waals surface area contributed by atoms with Crippen LogP contribution in [0.25, 0.3) is 11.3 Å². The van der Waals surface area contributed by atoms with Crippen molar-refractivity contribution < 1.29 is 9.53 Å². The van der Waals surface area contributed by atoms with Crippen molar-refractivity contribution in [2.24, 2.45) is 5.73 Å². The Morgan fingerprint density at radius 3 is 2.73 bits per heavy atom. The molecule has 0 spiro atoms. The molecule has 2 bridgehead atoms. The number of fused-ring (bicyclic) bond motifs is 4. The van der Waals surface area contributed by atoms with Crippen LogP contribution >= 0.6 is 12.6 Å². The number of ether oxygens (including phenoxy) is 1. The summed E-state index contributed by atoms with van der Waals surface area (Å²) in [7, 11) is 0. The maximum atomic E-state index is 12.8. The molecule has 3 N–H and O–H groups in total. The van der Waals surface area contributed by atoms with E-state index in [1.54, 1.807) is 0 Å². The number of nitrogens with two attached hydrogens (primary N) is 1. The van der Waals surface area contributed by atoms with Crippen molar-refractivity contribution in [3.8, 4) is 5.75 Å². The predicted octanol–water partition coefficient (Wildman–Crippen LogP) is 4.24. The number of aromatic nitrogens is 3. The molecule has 0 aliphatic carbocycles. The molecule has 2 aromatic heterocycles. The number of anilines is 1. The zero-order chi connectivity index (χ0) is 28.9. The molecule has 1 amide bonds. The van der Waals surface area contributed by atoms with Crippen molar-refractivity contribution in [3.63, 3.8) is 0 Å². The second-order valence-electron chi connectivity index (χ2n) is 12.3. The summed E-state index contributed by atoms with van der Waals surface area (Å²) < 4.78 is 7.78. The first-order chi connectivity index (χ1) is 19.6. The largest absolute Gasteiger partial charge is 0.483 e. The normalized spacial score (nSPS) is 22.7. The molecule has 0 saturated carbocycles. The number of nitrogens with zero attached hydrogens (tertiary/aromatic N) is 5. The summed E-state index contributed by atoms with van der Waals surface area (Å²) in [6, 6.07) is 10.6. The Morgan fingerprint density at radius 1 is 1.17 bits per heavy atom. The molecule has 0 radical (unpaired) electrons. The van der Waals surface area contributed by atoms with Crippen molar-refractivity contribution in [1.82, 2.24) is 24.8 Å². The van der Waals surface area contributed by atoms with Gasteiger partial charge in [0.05, 0.1) is 17.4 Å². The number of thiol groups is 1. The fourth-order valence-corrected chi connectivity index (χ4v) is 6.27. The van der Waals surface area contributed by atoms with E-state index in [2.05, 4.69) is 60.7 Å². The molecule has 2 atom stereocenters. The van der Waals surface area contributed by atoms with Crippen LogP contribution in [0.4, 0.5) is 5.82 Å². The van der Waals surface area contributed by atoms with Gasteiger partial charge >= 0.3 is 0 Å². The van der Waals surface area contributed by atoms with E-state index in [1.165, 1.54) is 0 Å². The van der Waals surface area contributed by atoms with E-state index in [-0.39, 0.29) is 35.3 Å². The monoisotopic (exact) mass is 575 g/mol. The molecule has 2 unspecified atom stereocenters. The van der Waals surface area contributed by atoms with Gasteiger partial charge in [0.1, 0.15) is 11.6 Å². The highest BCUT2D eigenvalue weighted by atomic mass is 32.1. The summed E-state index contributed by atoms with van der Waals surface area (Å²) in [6.07, 6.45) is 3.92. The van der Waals surface area contributed by atoms with E-state index in [4.69, 9.17) is 33.2 Å². The van der Waals surface area contributed by atoms with E-state index in [1.807, 2.05) is 16.6 Å². The summed E-state index contributed by atoms with van der Waals surface area (Å²) in [5.41, 5.74) is 11.8. The Bertz CT molecular complexity index is 1470. The Morgan fingerprint density at radius 2 is 1.98 bits per heavy atom. The lowest BCUT2D eigenvalue weighted by Gasteiger charge is -2.38. The fraction of sp³-hybridized carbons (Fsp3) is 0.516. The van der Waals surface area contributed by atoms with Crippen LogP contribution < -0.4 is 20.7 Å². The summed E-state index contributed by atoms with van der Waals surface area (Å²) in [5, 5.41) is 8.21. The molecule has 10 heteroatoms. The number of nitrogens with one attached hydrogen (secondary N) is 1. The van der Waals surface area contributed by atoms with E-state index < -0.39 is 0 Å². The number of rotatable bonds is 2. The molecule has 3 aliphatic rings. The van der Waals surface area contributed by atoms with Crippen molar-refractivity contribution in [2.45, 2.75) is 69.2 Å². The van der Waals surface area contributed by atoms with Gasteiger partial charge in [0.15, 0.2) is 12.3 Å². The molecule has 2 fully saturated rings. The molecule has 3 aromatic rings. The standard InChI is InChI=1S/C31H41N7O2S/c1-19-10-11-33-30(39)18-40-27-9-8-21(31(3,4)41)13-23(27)20(2)37-12-6-5-7-25(37)24-14-29-34-28(36-16-22(32)17-36)15-26(19)38(29)35-24/h8-9,13-15,19,22,25,41H,2,5-7,10-12,16-18,32H2,1,3-4H3,(H,33,39). The summed E-state index contributed by atoms with van der Waals surface area (Å²) >= 11 is 4.82. The molecule has 6 rings (SSSR count). The third kappa shape index (κ3) is 5.51. The lowest BCUT2D eigenvalue weighted by Crippen LogP contribution is -2.56. The molecule has 218 valence electrons. The molecule has 3 aliphatic heterocycles. The summed E-state index contributed by atoms with van der Waals surface area (Å²) in [4.78, 5) is 22.4. The predicted molar refractivity (Wildman–Crippen MR) is 165 cm³/mol. The smallest absolute Gasteiger partial charge is 0.257 e. The molecular formula is C31H41N7O2S. The first-order valence-corrected chi connectivity index (χ1v) is 15.2. The van der Waals surface area contributed by atoms with Crippen molar-refractivity contribution in [3.05, 3.63) is 59.4 Å². The number of benzene rings is 1. The third-order valence-electron chi connectivity index (χ3n) is 8.64. The maximum Gasteiger partial charge on any atom is 0.257 e. The van der Waals surface area contributed by atoms with Crippen LogP contribution in [-0.2, 0) is 9.54 Å². The van der Waals surface area contributed by atoms with Crippen LogP contribution in [0.3, 0.4) is 0 Å². The average molecular weight is 576 g/mol. The lowest BCUT2D eigenvalue weighted by atomic mass is 9.94. The first-order valence-electron chi connectivity index (χ1n) is 14.7. The van der Waals surface area contributed by atoms with Crippen LogP contribution in [0, 0.1) is 0 Å². The van der Waals surface area contributed by atoms with Gasteiger partial charge in [-0.2, -0.15) is 17.7 Å². The van der Waals surface area contributed by atoms with Crippen molar-refractivity contribution in [1.29, 1.82) is 0 Å². The fourth-order valence-electron chi connectivity index (χ4n) is 6.13. The average Bonchev–Trinajstić information content (AvgIpc) is 3.36. The highest BCUT2D eigenvalue weighted by Gasteiger charge is 2.32. The number of carbonyl (C=O) groups is 1. The second kappa shape index (κ2) is 10.9. The third-order valence-corrected chi connectivity index (χ3v) is 8.90. The van der Waals surface area contributed by atoms with E-state index >= 15 is 0 Å². The zero-order valence-electron chi connectivity index (χ0n) is 24.3. The minimum Gasteiger partial charge on any atom is -0.483 e. The van der Waals surface area contributed by atoms with Crippen LogP contribution in [-0.4, -0.2) is 64.2 Å². The number of piperidine rings is 1. The SMILES string of the molecule is C=C1c2cc(C(C)(C)S)ccc2OCC(=O)NCCC(C)c2cc(N3CC(N)C3)nc3cc(nn23)C2CCCCN12. The van der Waals surface area contributed by atoms with Gasteiger partial charge in [-0.3, -0.25) is 4.79 Å². The van der Waals surface area contributed by atoms with Crippen LogP contribution in [0.2, 0.25) is 0 Å². The lowest BCUT2D eigenvalue weighted by molar-refractivity contribution is -0.123. The van der Waals surface area contributed by atoms with Gasteiger partial charge in [-0.05, 0) is 57.2 Å². The first kappa shape index (κ1) is 27.9. The van der Waals surface area contributed by atoms with Gasteiger partial charge in [0.2, 0.25) is 0 Å². The van der Waals surface area contributed by atoms with Crippen LogP contribution in [0.15, 0.2) is 36.9 Å². The summed E-state index contributed by atoms with van der Waals surface area (Å²) in [6.45, 7) is 13.8. The minimum absolute atomic E-state index is 0.0544. The molecule has 9 nitrogen and oxygen atoms in total. The molecule has 2 saturated heterocycles. The second-order valence-corrected chi connectivity index (χ2v) is 13.4. The van der Waals surface area contributed by atoms with Crippen molar-refractivity contribution in [2.75, 3.05) is 37.7 Å². The Balaban J connectivity index is 1.46. The van der Waals surface area contributed by atoms with Gasteiger partial charge in [-0.15, -0.1) is 0 Å². The maximum absolute atomic E-state index is 12.8. The van der Waals surface area contributed by atoms with Gasteiger partial charge in [0.25, 0.3) is 5.91 Å². The van der Waals surface area contributed by atoms with E-state index in [0.717, 1.165) is 85.0 Å². The highest BCUT2D eigenvalue weighted by Crippen LogP contribution is 2.41. The topological polar surface area (TPSA) is 101 Å². The van der Waals surface area contributed by atoms with E-state index in [0.29, 0.717) is 12.3 Å². The van der Waals surface area contributed by atoms with Crippen LogP contribution in [0.5, 0.6) is 5.75 Å².